The largest absolute Gasteiger partial charge is 0.466 e. The van der Waals surface area contributed by atoms with Crippen molar-refractivity contribution in [3.8, 4) is 0 Å². The van der Waals surface area contributed by atoms with Crippen molar-refractivity contribution in [3.63, 3.8) is 0 Å². The van der Waals surface area contributed by atoms with E-state index >= 15 is 0 Å². The highest BCUT2D eigenvalue weighted by atomic mass is 32.1. The molecule has 0 heterocycles. The van der Waals surface area contributed by atoms with Crippen LogP contribution in [0.4, 0.5) is 5.69 Å². The molecule has 18 heavy (non-hydrogen) atoms. The van der Waals surface area contributed by atoms with E-state index in [4.69, 9.17) is 22.7 Å². The number of nitrogens with two attached hydrogens (primary N) is 1. The molecule has 4 nitrogen and oxygen atoms in total. The van der Waals surface area contributed by atoms with Crippen molar-refractivity contribution in [1.82, 2.24) is 0 Å². The van der Waals surface area contributed by atoms with Crippen LogP contribution in [0.1, 0.15) is 24.5 Å². The van der Waals surface area contributed by atoms with Crippen LogP contribution in [0.25, 0.3) is 0 Å². The Morgan fingerprint density at radius 3 is 2.83 bits per heavy atom. The van der Waals surface area contributed by atoms with E-state index in [2.05, 4.69) is 5.32 Å². The third kappa shape index (κ3) is 4.33. The number of nitrogens with one attached hydrogen (secondary N) is 1. The third-order valence-electron chi connectivity index (χ3n) is 2.39. The van der Waals surface area contributed by atoms with E-state index in [1.165, 1.54) is 0 Å². The van der Waals surface area contributed by atoms with Crippen LogP contribution in [0.15, 0.2) is 18.2 Å². The zero-order chi connectivity index (χ0) is 13.5. The number of anilines is 1. The lowest BCUT2D eigenvalue weighted by Crippen LogP contribution is -2.16. The predicted molar refractivity (Wildman–Crippen MR) is 76.8 cm³/mol. The van der Waals surface area contributed by atoms with E-state index in [-0.39, 0.29) is 5.97 Å². The molecule has 0 fully saturated rings. The topological polar surface area (TPSA) is 64.3 Å². The molecule has 0 radical (unpaired) electrons. The SMILES string of the molecule is CCOC(=O)CCNc1cc(C)ccc1C(N)=S. The number of rotatable bonds is 6. The molecule has 98 valence electrons. The summed E-state index contributed by atoms with van der Waals surface area (Å²) in [7, 11) is 0. The lowest BCUT2D eigenvalue weighted by Gasteiger charge is -2.11. The van der Waals surface area contributed by atoms with Crippen molar-refractivity contribution in [2.45, 2.75) is 20.3 Å². The van der Waals surface area contributed by atoms with Crippen LogP contribution in [0, 0.1) is 6.92 Å². The summed E-state index contributed by atoms with van der Waals surface area (Å²) in [4.78, 5) is 11.5. The summed E-state index contributed by atoms with van der Waals surface area (Å²) in [6, 6.07) is 5.79. The first-order valence-electron chi connectivity index (χ1n) is 5.84. The van der Waals surface area contributed by atoms with Gasteiger partial charge in [-0.15, -0.1) is 0 Å². The Kier molecular flexibility index (Phi) is 5.58. The highest BCUT2D eigenvalue weighted by Crippen LogP contribution is 2.17. The normalized spacial score (nSPS) is 9.89. The second-order valence-electron chi connectivity index (χ2n) is 3.90. The summed E-state index contributed by atoms with van der Waals surface area (Å²) < 4.78 is 4.85. The van der Waals surface area contributed by atoms with Crippen LogP contribution in [0.2, 0.25) is 0 Å². The van der Waals surface area contributed by atoms with Gasteiger partial charge in [-0.25, -0.2) is 0 Å². The molecular weight excluding hydrogens is 248 g/mol. The van der Waals surface area contributed by atoms with Gasteiger partial charge in [0.15, 0.2) is 0 Å². The molecule has 0 unspecified atom stereocenters. The van der Waals surface area contributed by atoms with Gasteiger partial charge in [0.05, 0.1) is 13.0 Å². The van der Waals surface area contributed by atoms with Crippen molar-refractivity contribution < 1.29 is 9.53 Å². The Morgan fingerprint density at radius 2 is 2.22 bits per heavy atom. The first kappa shape index (κ1) is 14.4. The minimum Gasteiger partial charge on any atom is -0.466 e. The smallest absolute Gasteiger partial charge is 0.307 e. The molecule has 0 saturated carbocycles. The second kappa shape index (κ2) is 6.96. The summed E-state index contributed by atoms with van der Waals surface area (Å²) in [6.07, 6.45) is 0.318. The molecule has 0 aliphatic rings. The molecule has 1 aromatic rings. The lowest BCUT2D eigenvalue weighted by atomic mass is 10.1. The Morgan fingerprint density at radius 1 is 1.50 bits per heavy atom. The van der Waals surface area contributed by atoms with Gasteiger partial charge in [0.25, 0.3) is 0 Å². The molecule has 3 N–H and O–H groups in total. The molecule has 0 saturated heterocycles. The summed E-state index contributed by atoms with van der Waals surface area (Å²) >= 11 is 4.98. The van der Waals surface area contributed by atoms with Gasteiger partial charge in [0.1, 0.15) is 4.99 Å². The van der Waals surface area contributed by atoms with Gasteiger partial charge in [0.2, 0.25) is 0 Å². The Bertz CT molecular complexity index is 447. The van der Waals surface area contributed by atoms with Crippen LogP contribution in [-0.4, -0.2) is 24.1 Å². The molecule has 1 aromatic carbocycles. The van der Waals surface area contributed by atoms with Gasteiger partial charge >= 0.3 is 5.97 Å². The van der Waals surface area contributed by atoms with E-state index < -0.39 is 0 Å². The number of esters is 1. The van der Waals surface area contributed by atoms with Crippen LogP contribution in [0.3, 0.4) is 0 Å². The summed E-state index contributed by atoms with van der Waals surface area (Å²) in [5, 5.41) is 3.16. The van der Waals surface area contributed by atoms with Gasteiger partial charge < -0.3 is 15.8 Å². The number of aryl methyl sites for hydroxylation is 1. The van der Waals surface area contributed by atoms with Crippen molar-refractivity contribution in [3.05, 3.63) is 29.3 Å². The number of carbonyl (C=O) groups excluding carboxylic acids is 1. The standard InChI is InChI=1S/C13H18N2O2S/c1-3-17-12(16)6-7-15-11-8-9(2)4-5-10(11)13(14)18/h4-5,8,15H,3,6-7H2,1-2H3,(H2,14,18). The highest BCUT2D eigenvalue weighted by Gasteiger charge is 2.06. The minimum absolute atomic E-state index is 0.213. The number of benzene rings is 1. The fourth-order valence-corrected chi connectivity index (χ4v) is 1.73. The zero-order valence-corrected chi connectivity index (χ0v) is 11.5. The fraction of sp³-hybridized carbons (Fsp3) is 0.385. The minimum atomic E-state index is -0.213. The number of carbonyl (C=O) groups is 1. The van der Waals surface area contributed by atoms with Gasteiger partial charge in [-0.3, -0.25) is 4.79 Å². The monoisotopic (exact) mass is 266 g/mol. The number of hydrogen-bond donors (Lipinski definition) is 2. The first-order valence-corrected chi connectivity index (χ1v) is 6.25. The molecule has 0 amide bonds. The van der Waals surface area contributed by atoms with Crippen molar-refractivity contribution in [2.24, 2.45) is 5.73 Å². The second-order valence-corrected chi connectivity index (χ2v) is 4.33. The van der Waals surface area contributed by atoms with Crippen molar-refractivity contribution in [2.75, 3.05) is 18.5 Å². The Balaban J connectivity index is 2.63. The highest BCUT2D eigenvalue weighted by molar-refractivity contribution is 7.80. The summed E-state index contributed by atoms with van der Waals surface area (Å²) in [5.41, 5.74) is 8.39. The Labute approximate surface area is 113 Å². The predicted octanol–water partition coefficient (Wildman–Crippen LogP) is 1.99. The van der Waals surface area contributed by atoms with Crippen LogP contribution < -0.4 is 11.1 Å². The maximum Gasteiger partial charge on any atom is 0.307 e. The van der Waals surface area contributed by atoms with E-state index in [0.29, 0.717) is 24.6 Å². The van der Waals surface area contributed by atoms with E-state index in [9.17, 15) is 4.79 Å². The average Bonchev–Trinajstić information content (AvgIpc) is 2.29. The number of ether oxygens (including phenoxy) is 1. The molecule has 1 rings (SSSR count). The average molecular weight is 266 g/mol. The first-order chi connectivity index (χ1) is 8.54. The number of hydrogen-bond acceptors (Lipinski definition) is 4. The van der Waals surface area contributed by atoms with Crippen LogP contribution in [0.5, 0.6) is 0 Å². The van der Waals surface area contributed by atoms with E-state index in [1.54, 1.807) is 6.92 Å². The van der Waals surface area contributed by atoms with Gasteiger partial charge in [0, 0.05) is 17.8 Å². The molecule has 0 aliphatic heterocycles. The molecular formula is C13H18N2O2S. The zero-order valence-electron chi connectivity index (χ0n) is 10.7. The van der Waals surface area contributed by atoms with Gasteiger partial charge in [-0.2, -0.15) is 0 Å². The summed E-state index contributed by atoms with van der Waals surface area (Å²) in [6.45, 7) is 4.68. The Hall–Kier alpha value is -1.62. The summed E-state index contributed by atoms with van der Waals surface area (Å²) in [5.74, 6) is -0.213. The van der Waals surface area contributed by atoms with E-state index in [1.807, 2.05) is 25.1 Å². The molecule has 0 spiro atoms. The van der Waals surface area contributed by atoms with Crippen LogP contribution in [-0.2, 0) is 9.53 Å². The maximum atomic E-state index is 11.2. The van der Waals surface area contributed by atoms with Crippen LogP contribution >= 0.6 is 12.2 Å². The maximum absolute atomic E-state index is 11.2. The van der Waals surface area contributed by atoms with Gasteiger partial charge in [-0.05, 0) is 31.5 Å². The lowest BCUT2D eigenvalue weighted by molar-refractivity contribution is -0.142. The molecule has 0 aromatic heterocycles. The molecule has 5 heteroatoms. The molecule has 0 atom stereocenters. The fourth-order valence-electron chi connectivity index (χ4n) is 1.55. The number of thiocarbonyl (C=S) groups is 1. The molecule has 0 bridgehead atoms. The quantitative estimate of drug-likeness (QED) is 0.609. The molecule has 0 aliphatic carbocycles. The van der Waals surface area contributed by atoms with Crippen molar-refractivity contribution >= 4 is 28.9 Å². The van der Waals surface area contributed by atoms with Gasteiger partial charge in [-0.1, -0.05) is 18.3 Å². The third-order valence-corrected chi connectivity index (χ3v) is 2.61. The van der Waals surface area contributed by atoms with E-state index in [0.717, 1.165) is 16.8 Å². The van der Waals surface area contributed by atoms with Crippen molar-refractivity contribution in [1.29, 1.82) is 0 Å².